The molecule has 2 rings (SSSR count). The molecule has 16 heavy (non-hydrogen) atoms. The van der Waals surface area contributed by atoms with E-state index in [4.69, 9.17) is 5.73 Å². The lowest BCUT2D eigenvalue weighted by Crippen LogP contribution is -2.42. The quantitative estimate of drug-likeness (QED) is 0.755. The minimum Gasteiger partial charge on any atom is -0.397 e. The number of carbonyl (C=O) groups is 1. The first-order valence-corrected chi connectivity index (χ1v) is 5.41. The molecule has 0 bridgehead atoms. The van der Waals surface area contributed by atoms with Crippen LogP contribution in [0.5, 0.6) is 0 Å². The Bertz CT molecular complexity index is 393. The van der Waals surface area contributed by atoms with Gasteiger partial charge in [-0.1, -0.05) is 0 Å². The molecule has 1 aliphatic rings. The van der Waals surface area contributed by atoms with Gasteiger partial charge in [-0.15, -0.1) is 0 Å². The Morgan fingerprint density at radius 3 is 3.12 bits per heavy atom. The van der Waals surface area contributed by atoms with Crippen molar-refractivity contribution in [3.63, 3.8) is 0 Å². The number of rotatable bonds is 2. The van der Waals surface area contributed by atoms with Gasteiger partial charge in [0.1, 0.15) is 6.04 Å². The highest BCUT2D eigenvalue weighted by Crippen LogP contribution is 2.26. The summed E-state index contributed by atoms with van der Waals surface area (Å²) < 4.78 is 0. The average Bonchev–Trinajstić information content (AvgIpc) is 2.77. The largest absolute Gasteiger partial charge is 0.397 e. The van der Waals surface area contributed by atoms with Crippen molar-refractivity contribution in [3.05, 3.63) is 18.5 Å². The summed E-state index contributed by atoms with van der Waals surface area (Å²) in [6.45, 7) is 0.878. The van der Waals surface area contributed by atoms with Crippen molar-refractivity contribution in [2.45, 2.75) is 18.9 Å². The van der Waals surface area contributed by atoms with Crippen molar-refractivity contribution in [2.75, 3.05) is 24.2 Å². The van der Waals surface area contributed by atoms with Crippen LogP contribution < -0.4 is 16.0 Å². The summed E-state index contributed by atoms with van der Waals surface area (Å²) in [6.07, 6.45) is 5.26. The predicted molar refractivity (Wildman–Crippen MR) is 63.1 cm³/mol. The number of hydrogen-bond donors (Lipinski definition) is 2. The van der Waals surface area contributed by atoms with Gasteiger partial charge in [-0.3, -0.25) is 9.78 Å². The first-order chi connectivity index (χ1) is 7.72. The topological polar surface area (TPSA) is 71.2 Å². The maximum Gasteiger partial charge on any atom is 0.242 e. The number of nitrogens with one attached hydrogen (secondary N) is 1. The number of carbonyl (C=O) groups excluding carboxylic acids is 1. The number of likely N-dealkylation sites (N-methyl/N-ethyl adjacent to an activating group) is 1. The van der Waals surface area contributed by atoms with Gasteiger partial charge in [-0.2, -0.15) is 0 Å². The maximum atomic E-state index is 11.7. The number of nitrogens with zero attached hydrogens (tertiary/aromatic N) is 2. The van der Waals surface area contributed by atoms with Gasteiger partial charge in [0.15, 0.2) is 0 Å². The third-order valence-electron chi connectivity index (χ3n) is 2.88. The molecule has 3 N–H and O–H groups in total. The highest BCUT2D eigenvalue weighted by Gasteiger charge is 2.30. The fraction of sp³-hybridized carbons (Fsp3) is 0.455. The molecule has 2 heterocycles. The number of pyridine rings is 1. The van der Waals surface area contributed by atoms with Gasteiger partial charge in [0.25, 0.3) is 0 Å². The number of aromatic nitrogens is 1. The minimum absolute atomic E-state index is 0.0555. The molecule has 86 valence electrons. The highest BCUT2D eigenvalue weighted by molar-refractivity contribution is 5.85. The number of nitrogens with two attached hydrogens (primary N) is 1. The van der Waals surface area contributed by atoms with Gasteiger partial charge in [0.2, 0.25) is 5.91 Å². The van der Waals surface area contributed by atoms with Gasteiger partial charge >= 0.3 is 0 Å². The molecule has 5 nitrogen and oxygen atoms in total. The van der Waals surface area contributed by atoms with Crippen LogP contribution in [0.4, 0.5) is 11.4 Å². The lowest BCUT2D eigenvalue weighted by atomic mass is 10.2. The van der Waals surface area contributed by atoms with Crippen molar-refractivity contribution < 1.29 is 4.79 Å². The second kappa shape index (κ2) is 4.38. The predicted octanol–water partition coefficient (Wildman–Crippen LogP) is 0.379. The van der Waals surface area contributed by atoms with Gasteiger partial charge in [0, 0.05) is 19.8 Å². The van der Waals surface area contributed by atoms with Crippen LogP contribution in [-0.2, 0) is 4.79 Å². The Labute approximate surface area is 94.6 Å². The van der Waals surface area contributed by atoms with Crippen molar-refractivity contribution >= 4 is 17.3 Å². The number of hydrogen-bond acceptors (Lipinski definition) is 4. The molecule has 1 aromatic heterocycles. The van der Waals surface area contributed by atoms with E-state index in [2.05, 4.69) is 15.2 Å². The van der Waals surface area contributed by atoms with Crippen LogP contribution in [-0.4, -0.2) is 30.5 Å². The Kier molecular flexibility index (Phi) is 2.94. The summed E-state index contributed by atoms with van der Waals surface area (Å²) in [5, 5.41) is 2.69. The third-order valence-corrected chi connectivity index (χ3v) is 2.88. The second-order valence-electron chi connectivity index (χ2n) is 3.94. The van der Waals surface area contributed by atoms with Gasteiger partial charge in [-0.05, 0) is 18.9 Å². The fourth-order valence-corrected chi connectivity index (χ4v) is 2.12. The average molecular weight is 220 g/mol. The zero-order valence-electron chi connectivity index (χ0n) is 9.31. The smallest absolute Gasteiger partial charge is 0.242 e. The minimum atomic E-state index is -0.0893. The SMILES string of the molecule is CNC(=O)C1CCCN1c1cncc(N)c1. The molecule has 1 unspecified atom stereocenters. The first-order valence-electron chi connectivity index (χ1n) is 5.41. The fourth-order valence-electron chi connectivity index (χ4n) is 2.12. The van der Waals surface area contributed by atoms with E-state index in [9.17, 15) is 4.79 Å². The summed E-state index contributed by atoms with van der Waals surface area (Å²) in [5.74, 6) is 0.0555. The Hall–Kier alpha value is -1.78. The zero-order valence-corrected chi connectivity index (χ0v) is 9.31. The van der Waals surface area contributed by atoms with E-state index in [1.165, 1.54) is 0 Å². The summed E-state index contributed by atoms with van der Waals surface area (Å²) in [6, 6.07) is 1.77. The van der Waals surface area contributed by atoms with E-state index in [1.807, 2.05) is 6.07 Å². The lowest BCUT2D eigenvalue weighted by molar-refractivity contribution is -0.121. The van der Waals surface area contributed by atoms with E-state index < -0.39 is 0 Å². The van der Waals surface area contributed by atoms with Crippen LogP contribution >= 0.6 is 0 Å². The molecule has 5 heteroatoms. The van der Waals surface area contributed by atoms with Gasteiger partial charge in [-0.25, -0.2) is 0 Å². The maximum absolute atomic E-state index is 11.7. The zero-order chi connectivity index (χ0) is 11.5. The lowest BCUT2D eigenvalue weighted by Gasteiger charge is -2.25. The number of amides is 1. The van der Waals surface area contributed by atoms with Crippen LogP contribution in [0.15, 0.2) is 18.5 Å². The number of nitrogen functional groups attached to an aromatic ring is 1. The van der Waals surface area contributed by atoms with Crippen molar-refractivity contribution in [1.29, 1.82) is 0 Å². The normalized spacial score (nSPS) is 19.8. The van der Waals surface area contributed by atoms with Crippen molar-refractivity contribution in [2.24, 2.45) is 0 Å². The monoisotopic (exact) mass is 220 g/mol. The molecule has 1 aliphatic heterocycles. The molecule has 1 amide bonds. The summed E-state index contributed by atoms with van der Waals surface area (Å²) >= 11 is 0. The van der Waals surface area contributed by atoms with Gasteiger partial charge in [0.05, 0.1) is 17.6 Å². The Balaban J connectivity index is 2.23. The molecule has 0 aliphatic carbocycles. The van der Waals surface area contributed by atoms with E-state index in [0.717, 1.165) is 25.1 Å². The van der Waals surface area contributed by atoms with E-state index in [1.54, 1.807) is 19.4 Å². The van der Waals surface area contributed by atoms with Crippen LogP contribution in [0.3, 0.4) is 0 Å². The Morgan fingerprint density at radius 1 is 1.62 bits per heavy atom. The third kappa shape index (κ3) is 1.93. The van der Waals surface area contributed by atoms with Crippen LogP contribution in [0.2, 0.25) is 0 Å². The molecule has 1 saturated heterocycles. The van der Waals surface area contributed by atoms with Gasteiger partial charge < -0.3 is 16.0 Å². The molecular formula is C11H16N4O. The molecular weight excluding hydrogens is 204 g/mol. The van der Waals surface area contributed by atoms with Crippen LogP contribution in [0.1, 0.15) is 12.8 Å². The second-order valence-corrected chi connectivity index (χ2v) is 3.94. The molecule has 0 spiro atoms. The molecule has 1 fully saturated rings. The molecule has 0 radical (unpaired) electrons. The van der Waals surface area contributed by atoms with Crippen molar-refractivity contribution in [1.82, 2.24) is 10.3 Å². The van der Waals surface area contributed by atoms with Crippen LogP contribution in [0.25, 0.3) is 0 Å². The van der Waals surface area contributed by atoms with Crippen molar-refractivity contribution in [3.8, 4) is 0 Å². The highest BCUT2D eigenvalue weighted by atomic mass is 16.2. The van der Waals surface area contributed by atoms with E-state index in [0.29, 0.717) is 5.69 Å². The molecule has 1 atom stereocenters. The Morgan fingerprint density at radius 2 is 2.44 bits per heavy atom. The molecule has 1 aromatic rings. The summed E-state index contributed by atoms with van der Waals surface area (Å²) in [4.78, 5) is 17.8. The number of anilines is 2. The first kappa shape index (κ1) is 10.7. The van der Waals surface area contributed by atoms with E-state index in [-0.39, 0.29) is 11.9 Å². The van der Waals surface area contributed by atoms with E-state index >= 15 is 0 Å². The standard InChI is InChI=1S/C11H16N4O/c1-13-11(16)10-3-2-4-15(10)9-5-8(12)6-14-7-9/h5-7,10H,2-4,12H2,1H3,(H,13,16). The summed E-state index contributed by atoms with van der Waals surface area (Å²) in [5.41, 5.74) is 7.24. The van der Waals surface area contributed by atoms with Crippen LogP contribution in [0, 0.1) is 0 Å². The molecule has 0 saturated carbocycles. The molecule has 0 aromatic carbocycles. The summed E-state index contributed by atoms with van der Waals surface area (Å²) in [7, 11) is 1.66.